The first kappa shape index (κ1) is 14.7. The number of quaternary nitrogens is 1. The maximum Gasteiger partial charge on any atom is -0.369 e. The molecular formula is H4IrN7O6+. The van der Waals surface area contributed by atoms with Crippen LogP contribution in [0.5, 0.6) is 0 Å². The molecular weight excluding hydrogens is 386 g/mol. The van der Waals surface area contributed by atoms with Gasteiger partial charge in [0, 0.05) is 0 Å². The predicted molar refractivity (Wildman–Crippen MR) is 40.8 cm³/mol. The van der Waals surface area contributed by atoms with Crippen molar-refractivity contribution < 1.29 is 14.3 Å². The summed E-state index contributed by atoms with van der Waals surface area (Å²) in [6.07, 6.45) is 0. The van der Waals surface area contributed by atoms with Crippen molar-refractivity contribution in [3.05, 3.63) is 29.4 Å². The van der Waals surface area contributed by atoms with Gasteiger partial charge in [-0.1, -0.05) is 0 Å². The summed E-state index contributed by atoms with van der Waals surface area (Å²) >= 11 is -8.11. The molecule has 13 nitrogen and oxygen atoms in total. The Morgan fingerprint density at radius 2 is 0.643 bits per heavy atom. The van der Waals surface area contributed by atoms with Gasteiger partial charge in [0.2, 0.25) is 0 Å². The van der Waals surface area contributed by atoms with Gasteiger partial charge >= 0.3 is 66.9 Å². The van der Waals surface area contributed by atoms with E-state index < -0.39 is 14.3 Å². The molecule has 0 aliphatic heterocycles. The molecule has 0 radical (unpaired) electrons. The molecule has 0 aromatic rings. The summed E-state index contributed by atoms with van der Waals surface area (Å²) < 4.78 is 8.50. The Balaban J connectivity index is 0. The molecule has 4 N–H and O–H groups in total. The van der Waals surface area contributed by atoms with Gasteiger partial charge in [-0.15, -0.1) is 0 Å². The maximum absolute atomic E-state index is 9.99. The second-order valence-corrected chi connectivity index (χ2v) is 11.2. The van der Waals surface area contributed by atoms with Gasteiger partial charge < -0.3 is 6.15 Å². The Labute approximate surface area is 73.7 Å². The van der Waals surface area contributed by atoms with Crippen LogP contribution >= 0.6 is 0 Å². The van der Waals surface area contributed by atoms with E-state index >= 15 is 0 Å². The summed E-state index contributed by atoms with van der Waals surface area (Å²) in [6, 6.07) is 0. The van der Waals surface area contributed by atoms with Gasteiger partial charge in [-0.3, -0.25) is 0 Å². The molecule has 0 saturated carbocycles. The van der Waals surface area contributed by atoms with E-state index in [2.05, 4.69) is 0 Å². The minimum Gasteiger partial charge on any atom is -0.369 e. The Morgan fingerprint density at radius 3 is 0.643 bits per heavy atom. The second kappa shape index (κ2) is 3.17. The number of rotatable bonds is 6. The summed E-state index contributed by atoms with van der Waals surface area (Å²) in [5.41, 5.74) is 0. The molecule has 0 fully saturated rings. The third-order valence-corrected chi connectivity index (χ3v) is 6.68. The summed E-state index contributed by atoms with van der Waals surface area (Å²) in [7, 11) is 0. The van der Waals surface area contributed by atoms with E-state index in [0.29, 0.717) is 0 Å². The first-order valence-electron chi connectivity index (χ1n) is 1.99. The molecule has 0 aromatic heterocycles. The molecule has 0 aliphatic rings. The minimum atomic E-state index is -8.11. The van der Waals surface area contributed by atoms with E-state index in [4.69, 9.17) is 0 Å². The van der Waals surface area contributed by atoms with Crippen molar-refractivity contribution in [1.29, 1.82) is 0 Å². The first-order chi connectivity index (χ1) is 5.97. The van der Waals surface area contributed by atoms with Crippen molar-refractivity contribution in [3.63, 3.8) is 0 Å². The van der Waals surface area contributed by atoms with Crippen molar-refractivity contribution in [2.45, 2.75) is 0 Å². The summed E-state index contributed by atoms with van der Waals surface area (Å²) in [4.78, 5) is 59.9. The van der Waals surface area contributed by atoms with Crippen molar-refractivity contribution in [2.75, 3.05) is 0 Å². The zero-order valence-electron chi connectivity index (χ0n) is 6.47. The van der Waals surface area contributed by atoms with Gasteiger partial charge in [0.15, 0.2) is 0 Å². The predicted octanol–water partition coefficient (Wildman–Crippen LogP) is 1.68. The molecule has 0 amide bonds. The molecule has 0 heterocycles. The number of hydrogen-bond donors (Lipinski definition) is 1. The second-order valence-electron chi connectivity index (χ2n) is 1.37. The monoisotopic (exact) mass is 391 g/mol. The van der Waals surface area contributed by atoms with E-state index in [1.165, 1.54) is 23.1 Å². The summed E-state index contributed by atoms with van der Waals surface area (Å²) in [5, 5.41) is 0. The fourth-order valence-electron chi connectivity index (χ4n) is 0.167. The van der Waals surface area contributed by atoms with Gasteiger partial charge in [0.25, 0.3) is 0 Å². The quantitative estimate of drug-likeness (QED) is 0.665. The molecule has 0 aliphatic carbocycles. The maximum atomic E-state index is 9.99. The Kier molecular flexibility index (Phi) is 3.33. The molecule has 0 rings (SSSR count). The smallest absolute Gasteiger partial charge is 0.369 e. The fraction of sp³-hybridized carbons (Fsp3) is 0. The van der Waals surface area contributed by atoms with Crippen molar-refractivity contribution in [1.82, 2.24) is 6.15 Å². The average Bonchev–Trinajstić information content (AvgIpc) is 2.26. The molecule has 0 bridgehead atoms. The standard InChI is InChI=1S/Ir.6NO.H3N/c;6*1-2;/h;;;;;;;1H3/q+6;6*-1;/p+1. The Bertz CT molecular complexity index is 234. The van der Waals surface area contributed by atoms with Crippen LogP contribution < -0.4 is 6.15 Å². The first-order valence-corrected chi connectivity index (χ1v) is 8.42. The minimum absolute atomic E-state index is 0. The van der Waals surface area contributed by atoms with Crippen LogP contribution in [0.4, 0.5) is 0 Å². The van der Waals surface area contributed by atoms with Crippen LogP contribution in [0.1, 0.15) is 0 Å². The Hall–Kier alpha value is -1.79. The van der Waals surface area contributed by atoms with Crippen LogP contribution in [0.2, 0.25) is 0 Å². The molecule has 83 valence electrons. The van der Waals surface area contributed by atoms with Gasteiger partial charge in [0.1, 0.15) is 0 Å². The van der Waals surface area contributed by atoms with Gasteiger partial charge in [-0.05, 0) is 0 Å². The molecule has 0 spiro atoms. The summed E-state index contributed by atoms with van der Waals surface area (Å²) in [6.45, 7) is 0. The summed E-state index contributed by atoms with van der Waals surface area (Å²) in [5.74, 6) is 0. The zero-order chi connectivity index (χ0) is 10.7. The molecule has 0 aromatic carbocycles. The molecule has 14 heavy (non-hydrogen) atoms. The normalized spacial score (nSPS) is 14.6. The van der Waals surface area contributed by atoms with Crippen LogP contribution in [0, 0.1) is 29.4 Å². The van der Waals surface area contributed by atoms with Crippen molar-refractivity contribution in [2.24, 2.45) is 23.1 Å². The molecule has 0 atom stereocenters. The van der Waals surface area contributed by atoms with E-state index in [1.54, 1.807) is 0 Å². The van der Waals surface area contributed by atoms with E-state index in [1.807, 2.05) is 0 Å². The third-order valence-electron chi connectivity index (χ3n) is 0.816. The Morgan fingerprint density at radius 1 is 0.500 bits per heavy atom. The largest absolute Gasteiger partial charge is 0.369 e. The van der Waals surface area contributed by atoms with E-state index in [0.717, 1.165) is 0 Å². The molecule has 0 unspecified atom stereocenters. The van der Waals surface area contributed by atoms with Gasteiger partial charge in [-0.2, -0.15) is 0 Å². The zero-order valence-corrected chi connectivity index (χ0v) is 8.86. The van der Waals surface area contributed by atoms with Crippen LogP contribution in [-0.2, 0) is 14.3 Å². The third kappa shape index (κ3) is 1.09. The SMILES string of the molecule is O=[N][Ir]([N]=O)([N]=O)([N]=O)([N]=O)[N]=O.[NH4+]. The van der Waals surface area contributed by atoms with Gasteiger partial charge in [0.05, 0.1) is 0 Å². The average molecular weight is 390 g/mol. The van der Waals surface area contributed by atoms with Crippen LogP contribution in [0.25, 0.3) is 0 Å². The molecule has 14 heteroatoms. The van der Waals surface area contributed by atoms with Crippen LogP contribution in [0.15, 0.2) is 23.1 Å². The topological polar surface area (TPSA) is 213 Å². The number of nitrogens with zero attached hydrogens (tertiary/aromatic N) is 6. The van der Waals surface area contributed by atoms with E-state index in [9.17, 15) is 29.4 Å². The van der Waals surface area contributed by atoms with Crippen molar-refractivity contribution >= 4 is 0 Å². The van der Waals surface area contributed by atoms with Crippen molar-refractivity contribution in [3.8, 4) is 0 Å². The van der Waals surface area contributed by atoms with Crippen LogP contribution in [-0.4, -0.2) is 0 Å². The number of hydrogen-bond acceptors (Lipinski definition) is 12. The molecule has 0 saturated heterocycles. The number of nitroso groups, excluding NO2 is 6. The van der Waals surface area contributed by atoms with Gasteiger partial charge in [-0.25, -0.2) is 0 Å². The van der Waals surface area contributed by atoms with Crippen LogP contribution in [0.3, 0.4) is 0 Å². The fourth-order valence-corrected chi connectivity index (χ4v) is 1.36. The van der Waals surface area contributed by atoms with E-state index in [-0.39, 0.29) is 6.15 Å².